The zero-order chi connectivity index (χ0) is 22.0. The molecule has 2 N–H and O–H groups in total. The first-order valence-electron chi connectivity index (χ1n) is 8.75. The molecular weight excluding hydrogens is 494 g/mol. The average molecular weight is 510 g/mol. The van der Waals surface area contributed by atoms with Gasteiger partial charge in [0.2, 0.25) is 0 Å². The SMILES string of the molecule is Cc1ccc(-c2ccc(/C=C3\SC(=S)N(C(CCC(=O)O)C(=O)O)C3=O)o2)c(Br)c1. The Balaban J connectivity index is 1.84. The first kappa shape index (κ1) is 22.3. The number of hydrogen-bond acceptors (Lipinski definition) is 6. The zero-order valence-electron chi connectivity index (χ0n) is 15.6. The van der Waals surface area contributed by atoms with Gasteiger partial charge < -0.3 is 14.6 Å². The number of carbonyl (C=O) groups is 3. The van der Waals surface area contributed by atoms with E-state index >= 15 is 0 Å². The first-order valence-corrected chi connectivity index (χ1v) is 10.8. The van der Waals surface area contributed by atoms with Gasteiger partial charge >= 0.3 is 11.9 Å². The molecule has 1 unspecified atom stereocenters. The Morgan fingerprint density at radius 3 is 2.67 bits per heavy atom. The van der Waals surface area contributed by atoms with Crippen molar-refractivity contribution < 1.29 is 29.0 Å². The summed E-state index contributed by atoms with van der Waals surface area (Å²) in [7, 11) is 0. The lowest BCUT2D eigenvalue weighted by atomic mass is 10.1. The number of rotatable bonds is 7. The molecule has 0 radical (unpaired) electrons. The van der Waals surface area contributed by atoms with E-state index in [1.165, 1.54) is 6.08 Å². The highest BCUT2D eigenvalue weighted by Gasteiger charge is 2.40. The van der Waals surface area contributed by atoms with Crippen LogP contribution in [-0.4, -0.2) is 43.3 Å². The molecule has 1 amide bonds. The third-order valence-corrected chi connectivity index (χ3v) is 6.33. The normalized spacial score (nSPS) is 16.3. The number of carbonyl (C=O) groups excluding carboxylic acids is 1. The van der Waals surface area contributed by atoms with Crippen molar-refractivity contribution in [3.05, 3.63) is 51.0 Å². The molecule has 2 aromatic rings. The molecule has 0 aliphatic carbocycles. The molecule has 30 heavy (non-hydrogen) atoms. The quantitative estimate of drug-likeness (QED) is 0.413. The number of thiocarbonyl (C=S) groups is 1. The fraction of sp³-hybridized carbons (Fsp3) is 0.200. The molecule has 1 aliphatic rings. The molecule has 3 rings (SSSR count). The molecule has 0 saturated carbocycles. The van der Waals surface area contributed by atoms with Crippen molar-refractivity contribution in [2.45, 2.75) is 25.8 Å². The lowest BCUT2D eigenvalue weighted by molar-refractivity contribution is -0.146. The Kier molecular flexibility index (Phi) is 6.79. The number of nitrogens with zero attached hydrogens (tertiary/aromatic N) is 1. The van der Waals surface area contributed by atoms with Gasteiger partial charge in [-0.05, 0) is 43.2 Å². The molecule has 1 aromatic heterocycles. The fourth-order valence-corrected chi connectivity index (χ4v) is 4.92. The lowest BCUT2D eigenvalue weighted by Gasteiger charge is -2.22. The predicted octanol–water partition coefficient (Wildman–Crippen LogP) is 4.54. The Hall–Kier alpha value is -2.43. The Morgan fingerprint density at radius 1 is 1.30 bits per heavy atom. The summed E-state index contributed by atoms with van der Waals surface area (Å²) in [6, 6.07) is 7.97. The number of amides is 1. The van der Waals surface area contributed by atoms with E-state index < -0.39 is 23.9 Å². The van der Waals surface area contributed by atoms with E-state index in [2.05, 4.69) is 15.9 Å². The third-order valence-electron chi connectivity index (χ3n) is 4.34. The Bertz CT molecular complexity index is 1080. The van der Waals surface area contributed by atoms with Crippen LogP contribution in [0.4, 0.5) is 0 Å². The molecule has 1 fully saturated rings. The number of halogens is 1. The van der Waals surface area contributed by atoms with Crippen molar-refractivity contribution in [3.63, 3.8) is 0 Å². The highest BCUT2D eigenvalue weighted by Crippen LogP contribution is 2.36. The number of aliphatic carboxylic acids is 2. The number of aryl methyl sites for hydroxylation is 1. The Labute approximate surface area is 189 Å². The van der Waals surface area contributed by atoms with Gasteiger partial charge in [0, 0.05) is 22.5 Å². The molecule has 2 heterocycles. The molecule has 0 bridgehead atoms. The highest BCUT2D eigenvalue weighted by atomic mass is 79.9. The molecule has 7 nitrogen and oxygen atoms in total. The summed E-state index contributed by atoms with van der Waals surface area (Å²) in [6.07, 6.45) is 0.873. The van der Waals surface area contributed by atoms with Crippen molar-refractivity contribution in [2.24, 2.45) is 0 Å². The molecular formula is C20H16BrNO6S2. The monoisotopic (exact) mass is 509 g/mol. The summed E-state index contributed by atoms with van der Waals surface area (Å²) in [4.78, 5) is 36.3. The minimum Gasteiger partial charge on any atom is -0.481 e. The van der Waals surface area contributed by atoms with E-state index in [-0.39, 0.29) is 22.1 Å². The zero-order valence-corrected chi connectivity index (χ0v) is 18.8. The van der Waals surface area contributed by atoms with Gasteiger partial charge in [0.05, 0.1) is 4.91 Å². The van der Waals surface area contributed by atoms with Gasteiger partial charge in [-0.2, -0.15) is 0 Å². The lowest BCUT2D eigenvalue weighted by Crippen LogP contribution is -2.44. The van der Waals surface area contributed by atoms with E-state index in [4.69, 9.17) is 21.7 Å². The molecule has 1 aromatic carbocycles. The number of furan rings is 1. The van der Waals surface area contributed by atoms with Gasteiger partial charge in [0.15, 0.2) is 0 Å². The van der Waals surface area contributed by atoms with Crippen LogP contribution in [0.5, 0.6) is 0 Å². The van der Waals surface area contributed by atoms with Crippen LogP contribution in [0.25, 0.3) is 17.4 Å². The predicted molar refractivity (Wildman–Crippen MR) is 120 cm³/mol. The number of thioether (sulfide) groups is 1. The van der Waals surface area contributed by atoms with Crippen LogP contribution in [0.3, 0.4) is 0 Å². The number of carboxylic acid groups (broad SMARTS) is 2. The number of carboxylic acids is 2. The maximum atomic E-state index is 12.8. The molecule has 1 saturated heterocycles. The van der Waals surface area contributed by atoms with E-state index in [9.17, 15) is 19.5 Å². The summed E-state index contributed by atoms with van der Waals surface area (Å²) in [5.74, 6) is -2.02. The van der Waals surface area contributed by atoms with Gasteiger partial charge in [-0.15, -0.1) is 0 Å². The molecule has 1 aliphatic heterocycles. The summed E-state index contributed by atoms with van der Waals surface area (Å²) in [5.41, 5.74) is 1.95. The summed E-state index contributed by atoms with van der Waals surface area (Å²) in [6.45, 7) is 1.98. The topological polar surface area (TPSA) is 108 Å². The Morgan fingerprint density at radius 2 is 2.03 bits per heavy atom. The van der Waals surface area contributed by atoms with E-state index in [1.54, 1.807) is 12.1 Å². The van der Waals surface area contributed by atoms with Crippen molar-refractivity contribution in [1.29, 1.82) is 0 Å². The highest BCUT2D eigenvalue weighted by molar-refractivity contribution is 9.10. The second-order valence-electron chi connectivity index (χ2n) is 6.52. The second kappa shape index (κ2) is 9.15. The van der Waals surface area contributed by atoms with Gasteiger partial charge in [-0.1, -0.05) is 46.0 Å². The molecule has 10 heteroatoms. The number of hydrogen-bond donors (Lipinski definition) is 2. The maximum absolute atomic E-state index is 12.8. The van der Waals surface area contributed by atoms with Gasteiger partial charge in [0.1, 0.15) is 21.9 Å². The summed E-state index contributed by atoms with van der Waals surface area (Å²) in [5, 5.41) is 18.3. The summed E-state index contributed by atoms with van der Waals surface area (Å²) >= 11 is 9.64. The minimum atomic E-state index is -1.34. The first-order chi connectivity index (χ1) is 14.2. The van der Waals surface area contributed by atoms with Crippen LogP contribution in [-0.2, 0) is 14.4 Å². The fourth-order valence-electron chi connectivity index (χ4n) is 2.90. The number of benzene rings is 1. The standard InChI is InChI=1S/C20H16BrNO6S2/c1-10-2-4-12(13(21)8-10)15-6-3-11(28-15)9-16-18(25)22(20(29)30-16)14(19(26)27)5-7-17(23)24/h2-4,6,8-9,14H,5,7H2,1H3,(H,23,24)(H,26,27)/b16-9-. The van der Waals surface area contributed by atoms with Crippen LogP contribution in [0.15, 0.2) is 44.1 Å². The van der Waals surface area contributed by atoms with Crippen LogP contribution in [0.2, 0.25) is 0 Å². The smallest absolute Gasteiger partial charge is 0.326 e. The minimum absolute atomic E-state index is 0.0668. The summed E-state index contributed by atoms with van der Waals surface area (Å²) < 4.78 is 6.77. The van der Waals surface area contributed by atoms with Crippen molar-refractivity contribution in [2.75, 3.05) is 0 Å². The maximum Gasteiger partial charge on any atom is 0.326 e. The van der Waals surface area contributed by atoms with E-state index in [0.29, 0.717) is 11.5 Å². The largest absolute Gasteiger partial charge is 0.481 e. The van der Waals surface area contributed by atoms with Crippen LogP contribution in [0, 0.1) is 6.92 Å². The van der Waals surface area contributed by atoms with Crippen molar-refractivity contribution in [1.82, 2.24) is 4.90 Å². The molecule has 156 valence electrons. The molecule has 1 atom stereocenters. The molecule has 0 spiro atoms. The van der Waals surface area contributed by atoms with Gasteiger partial charge in [0.25, 0.3) is 5.91 Å². The average Bonchev–Trinajstić information content (AvgIpc) is 3.21. The van der Waals surface area contributed by atoms with Gasteiger partial charge in [-0.3, -0.25) is 14.5 Å². The van der Waals surface area contributed by atoms with Crippen molar-refractivity contribution >= 4 is 68.2 Å². The van der Waals surface area contributed by atoms with Crippen LogP contribution in [0.1, 0.15) is 24.2 Å². The van der Waals surface area contributed by atoms with Crippen molar-refractivity contribution in [3.8, 4) is 11.3 Å². The second-order valence-corrected chi connectivity index (χ2v) is 9.05. The van der Waals surface area contributed by atoms with Gasteiger partial charge in [-0.25, -0.2) is 4.79 Å². The van der Waals surface area contributed by atoms with Crippen LogP contribution < -0.4 is 0 Å². The van der Waals surface area contributed by atoms with Crippen LogP contribution >= 0.6 is 39.9 Å². The van der Waals surface area contributed by atoms with E-state index in [0.717, 1.165) is 32.3 Å². The van der Waals surface area contributed by atoms with E-state index in [1.807, 2.05) is 25.1 Å². The third kappa shape index (κ3) is 4.82.